The molecule has 0 saturated carbocycles. The first-order chi connectivity index (χ1) is 7.65. The molecule has 0 aromatic heterocycles. The summed E-state index contributed by atoms with van der Waals surface area (Å²) in [6.45, 7) is 4.53. The molecule has 0 heterocycles. The Morgan fingerprint density at radius 1 is 1.50 bits per heavy atom. The lowest BCUT2D eigenvalue weighted by molar-refractivity contribution is -0.145. The highest BCUT2D eigenvalue weighted by molar-refractivity contribution is 5.75. The fraction of sp³-hybridized carbons (Fsp3) is 0.417. The quantitative estimate of drug-likeness (QED) is 0.582. The lowest BCUT2D eigenvalue weighted by Crippen LogP contribution is -2.35. The predicted molar refractivity (Wildman–Crippen MR) is 63.8 cm³/mol. The summed E-state index contributed by atoms with van der Waals surface area (Å²) < 4.78 is 4.89. The Bertz CT molecular complexity index is 353. The van der Waals surface area contributed by atoms with Gasteiger partial charge in [0.1, 0.15) is 6.04 Å². The van der Waals surface area contributed by atoms with Crippen molar-refractivity contribution in [2.75, 3.05) is 12.3 Å². The molecular formula is C12H18N2O2. The minimum atomic E-state index is -0.320. The maximum absolute atomic E-state index is 11.3. The molecule has 0 spiro atoms. The van der Waals surface area contributed by atoms with Gasteiger partial charge < -0.3 is 15.8 Å². The van der Waals surface area contributed by atoms with Crippen molar-refractivity contribution >= 4 is 11.7 Å². The van der Waals surface area contributed by atoms with Gasteiger partial charge in [-0.15, -0.1) is 0 Å². The highest BCUT2D eigenvalue weighted by atomic mass is 16.5. The fourth-order valence-electron chi connectivity index (χ4n) is 1.31. The molecular weight excluding hydrogens is 204 g/mol. The van der Waals surface area contributed by atoms with Gasteiger partial charge >= 0.3 is 5.97 Å². The van der Waals surface area contributed by atoms with Crippen molar-refractivity contribution in [2.45, 2.75) is 26.4 Å². The van der Waals surface area contributed by atoms with Crippen LogP contribution in [0.2, 0.25) is 0 Å². The van der Waals surface area contributed by atoms with Crippen LogP contribution in [0.15, 0.2) is 24.3 Å². The van der Waals surface area contributed by atoms with Crippen LogP contribution in [0.1, 0.15) is 19.4 Å². The topological polar surface area (TPSA) is 64.3 Å². The summed E-state index contributed by atoms with van der Waals surface area (Å²) in [5.74, 6) is -0.239. The largest absolute Gasteiger partial charge is 0.465 e. The second-order valence-corrected chi connectivity index (χ2v) is 3.55. The van der Waals surface area contributed by atoms with Gasteiger partial charge in [0.15, 0.2) is 0 Å². The third-order valence-corrected chi connectivity index (χ3v) is 2.29. The van der Waals surface area contributed by atoms with Gasteiger partial charge in [-0.1, -0.05) is 18.2 Å². The molecule has 1 rings (SSSR count). The van der Waals surface area contributed by atoms with E-state index in [0.717, 1.165) is 11.3 Å². The first-order valence-corrected chi connectivity index (χ1v) is 5.38. The van der Waals surface area contributed by atoms with Gasteiger partial charge in [0.25, 0.3) is 0 Å². The van der Waals surface area contributed by atoms with Crippen molar-refractivity contribution in [1.82, 2.24) is 5.32 Å². The van der Waals surface area contributed by atoms with E-state index in [1.807, 2.05) is 24.3 Å². The number of hydrogen-bond donors (Lipinski definition) is 2. The Morgan fingerprint density at radius 2 is 2.19 bits per heavy atom. The van der Waals surface area contributed by atoms with Crippen LogP contribution in [0, 0.1) is 0 Å². The Hall–Kier alpha value is -1.55. The second-order valence-electron chi connectivity index (χ2n) is 3.55. The summed E-state index contributed by atoms with van der Waals surface area (Å²) in [5, 5.41) is 3.07. The van der Waals surface area contributed by atoms with Gasteiger partial charge in [-0.25, -0.2) is 0 Å². The van der Waals surface area contributed by atoms with Crippen LogP contribution in [-0.4, -0.2) is 18.6 Å². The van der Waals surface area contributed by atoms with E-state index in [1.165, 1.54) is 0 Å². The molecule has 1 atom stereocenters. The summed E-state index contributed by atoms with van der Waals surface area (Å²) >= 11 is 0. The van der Waals surface area contributed by atoms with Gasteiger partial charge in [0.05, 0.1) is 6.61 Å². The number of carbonyl (C=O) groups excluding carboxylic acids is 1. The van der Waals surface area contributed by atoms with Crippen LogP contribution in [0.5, 0.6) is 0 Å². The second kappa shape index (κ2) is 6.12. The molecule has 4 nitrogen and oxygen atoms in total. The van der Waals surface area contributed by atoms with Gasteiger partial charge in [-0.2, -0.15) is 0 Å². The van der Waals surface area contributed by atoms with Crippen LogP contribution in [-0.2, 0) is 16.1 Å². The molecule has 4 heteroatoms. The zero-order valence-corrected chi connectivity index (χ0v) is 9.69. The molecule has 0 unspecified atom stereocenters. The molecule has 0 aliphatic rings. The number of carbonyl (C=O) groups is 1. The van der Waals surface area contributed by atoms with Gasteiger partial charge in [0.2, 0.25) is 0 Å². The van der Waals surface area contributed by atoms with Crippen LogP contribution >= 0.6 is 0 Å². The summed E-state index contributed by atoms with van der Waals surface area (Å²) in [7, 11) is 0. The third-order valence-electron chi connectivity index (χ3n) is 2.29. The van der Waals surface area contributed by atoms with E-state index in [9.17, 15) is 4.79 Å². The average molecular weight is 222 g/mol. The number of nitrogen functional groups attached to an aromatic ring is 1. The molecule has 0 bridgehead atoms. The maximum atomic E-state index is 11.3. The monoisotopic (exact) mass is 222 g/mol. The van der Waals surface area contributed by atoms with Crippen LogP contribution < -0.4 is 11.1 Å². The highest BCUT2D eigenvalue weighted by Gasteiger charge is 2.12. The molecule has 0 amide bonds. The maximum Gasteiger partial charge on any atom is 0.322 e. The number of esters is 1. The zero-order chi connectivity index (χ0) is 12.0. The third kappa shape index (κ3) is 3.55. The Balaban J connectivity index is 2.46. The zero-order valence-electron chi connectivity index (χ0n) is 9.69. The molecule has 0 radical (unpaired) electrons. The minimum Gasteiger partial charge on any atom is -0.465 e. The summed E-state index contributed by atoms with van der Waals surface area (Å²) in [4.78, 5) is 11.3. The number of rotatable bonds is 5. The first-order valence-electron chi connectivity index (χ1n) is 5.38. The van der Waals surface area contributed by atoms with E-state index in [1.54, 1.807) is 13.8 Å². The lowest BCUT2D eigenvalue weighted by Gasteiger charge is -2.13. The van der Waals surface area contributed by atoms with Crippen molar-refractivity contribution in [1.29, 1.82) is 0 Å². The van der Waals surface area contributed by atoms with Crippen molar-refractivity contribution in [3.05, 3.63) is 29.8 Å². The van der Waals surface area contributed by atoms with E-state index in [2.05, 4.69) is 5.32 Å². The number of hydrogen-bond acceptors (Lipinski definition) is 4. The number of ether oxygens (including phenoxy) is 1. The van der Waals surface area contributed by atoms with Crippen molar-refractivity contribution < 1.29 is 9.53 Å². The van der Waals surface area contributed by atoms with E-state index in [-0.39, 0.29) is 12.0 Å². The van der Waals surface area contributed by atoms with Crippen LogP contribution in [0.4, 0.5) is 5.69 Å². The average Bonchev–Trinajstić information content (AvgIpc) is 2.28. The van der Waals surface area contributed by atoms with Gasteiger partial charge in [0, 0.05) is 12.2 Å². The predicted octanol–water partition coefficient (Wildman–Crippen LogP) is 1.31. The molecule has 16 heavy (non-hydrogen) atoms. The van der Waals surface area contributed by atoms with Crippen LogP contribution in [0.25, 0.3) is 0 Å². The molecule has 1 aromatic carbocycles. The molecule has 1 aromatic rings. The number of para-hydroxylation sites is 1. The first kappa shape index (κ1) is 12.5. The number of nitrogens with one attached hydrogen (secondary N) is 1. The van der Waals surface area contributed by atoms with E-state index in [4.69, 9.17) is 10.5 Å². The van der Waals surface area contributed by atoms with E-state index in [0.29, 0.717) is 13.2 Å². The van der Waals surface area contributed by atoms with Gasteiger partial charge in [-0.05, 0) is 25.5 Å². The molecule has 0 aliphatic carbocycles. The van der Waals surface area contributed by atoms with Gasteiger partial charge in [-0.3, -0.25) is 4.79 Å². The van der Waals surface area contributed by atoms with E-state index < -0.39 is 0 Å². The standard InChI is InChI=1S/C12H18N2O2/c1-3-16-12(15)9(2)14-8-10-6-4-5-7-11(10)13/h4-7,9,14H,3,8,13H2,1-2H3/t9-/m1/s1. The lowest BCUT2D eigenvalue weighted by atomic mass is 10.2. The normalized spacial score (nSPS) is 12.1. The Kier molecular flexibility index (Phi) is 4.79. The molecule has 0 saturated heterocycles. The summed E-state index contributed by atoms with van der Waals surface area (Å²) in [6.07, 6.45) is 0. The van der Waals surface area contributed by atoms with Crippen molar-refractivity contribution in [3.8, 4) is 0 Å². The Labute approximate surface area is 95.8 Å². The minimum absolute atomic E-state index is 0.239. The summed E-state index contributed by atoms with van der Waals surface area (Å²) in [6, 6.07) is 7.25. The van der Waals surface area contributed by atoms with E-state index >= 15 is 0 Å². The number of nitrogens with two attached hydrogens (primary N) is 1. The Morgan fingerprint density at radius 3 is 2.81 bits per heavy atom. The molecule has 0 fully saturated rings. The number of benzene rings is 1. The van der Waals surface area contributed by atoms with Crippen LogP contribution in [0.3, 0.4) is 0 Å². The summed E-state index contributed by atoms with van der Waals surface area (Å²) in [5.41, 5.74) is 7.50. The highest BCUT2D eigenvalue weighted by Crippen LogP contribution is 2.09. The van der Waals surface area contributed by atoms with Crippen molar-refractivity contribution in [2.24, 2.45) is 0 Å². The molecule has 88 valence electrons. The molecule has 3 N–H and O–H groups in total. The fourth-order valence-corrected chi connectivity index (χ4v) is 1.31. The van der Waals surface area contributed by atoms with Crippen molar-refractivity contribution in [3.63, 3.8) is 0 Å². The number of anilines is 1. The SMILES string of the molecule is CCOC(=O)[C@@H](C)NCc1ccccc1N. The smallest absolute Gasteiger partial charge is 0.322 e. The molecule has 0 aliphatic heterocycles.